The maximum atomic E-state index is 11.7. The molecule has 0 amide bonds. The Morgan fingerprint density at radius 1 is 1.26 bits per heavy atom. The molecule has 0 aliphatic carbocycles. The third-order valence-electron chi connectivity index (χ3n) is 3.47. The fourth-order valence-electron chi connectivity index (χ4n) is 2.34. The third-order valence-corrected chi connectivity index (χ3v) is 3.47. The van der Waals surface area contributed by atoms with Gasteiger partial charge in [0, 0.05) is 23.9 Å². The van der Waals surface area contributed by atoms with Crippen molar-refractivity contribution in [3.63, 3.8) is 0 Å². The molecule has 0 N–H and O–H groups in total. The van der Waals surface area contributed by atoms with Crippen molar-refractivity contribution in [2.75, 3.05) is 6.61 Å². The van der Waals surface area contributed by atoms with E-state index in [-0.39, 0.29) is 17.3 Å². The fraction of sp³-hybridized carbons (Fsp3) is 0.368. The summed E-state index contributed by atoms with van der Waals surface area (Å²) in [5.74, 6) is 1.08. The van der Waals surface area contributed by atoms with Crippen LogP contribution in [0, 0.1) is 5.92 Å². The zero-order valence-corrected chi connectivity index (χ0v) is 13.8. The highest BCUT2D eigenvalue weighted by Crippen LogP contribution is 2.20. The second kappa shape index (κ2) is 7.77. The SMILES string of the molecule is CC(C)=CC(=O)CC(C)CCOc1ccc2ccc(=O)oc2c1. The van der Waals surface area contributed by atoms with Crippen molar-refractivity contribution < 1.29 is 13.9 Å². The van der Waals surface area contributed by atoms with Crippen molar-refractivity contribution in [3.05, 3.63) is 52.4 Å². The van der Waals surface area contributed by atoms with Crippen LogP contribution in [-0.4, -0.2) is 12.4 Å². The molecule has 0 saturated carbocycles. The lowest BCUT2D eigenvalue weighted by atomic mass is 10.0. The average Bonchev–Trinajstić information content (AvgIpc) is 2.45. The van der Waals surface area contributed by atoms with Gasteiger partial charge in [-0.05, 0) is 50.5 Å². The van der Waals surface area contributed by atoms with Crippen molar-refractivity contribution in [1.82, 2.24) is 0 Å². The second-order valence-electron chi connectivity index (χ2n) is 6.09. The van der Waals surface area contributed by atoms with E-state index >= 15 is 0 Å². The van der Waals surface area contributed by atoms with Gasteiger partial charge >= 0.3 is 5.63 Å². The molecule has 122 valence electrons. The molecule has 4 heteroatoms. The monoisotopic (exact) mass is 314 g/mol. The number of rotatable bonds is 7. The summed E-state index contributed by atoms with van der Waals surface area (Å²) in [6, 6.07) is 8.54. The van der Waals surface area contributed by atoms with Crippen molar-refractivity contribution in [3.8, 4) is 5.75 Å². The normalized spacial score (nSPS) is 12.0. The van der Waals surface area contributed by atoms with Crippen LogP contribution in [0.4, 0.5) is 0 Å². The zero-order chi connectivity index (χ0) is 16.8. The Morgan fingerprint density at radius 3 is 2.74 bits per heavy atom. The number of carbonyl (C=O) groups is 1. The molecule has 4 nitrogen and oxygen atoms in total. The fourth-order valence-corrected chi connectivity index (χ4v) is 2.34. The van der Waals surface area contributed by atoms with Gasteiger partial charge in [0.1, 0.15) is 11.3 Å². The van der Waals surface area contributed by atoms with Crippen molar-refractivity contribution in [1.29, 1.82) is 0 Å². The molecule has 0 radical (unpaired) electrons. The Kier molecular flexibility index (Phi) is 5.74. The molecule has 1 heterocycles. The van der Waals surface area contributed by atoms with E-state index in [1.54, 1.807) is 18.2 Å². The Morgan fingerprint density at radius 2 is 2.00 bits per heavy atom. The minimum Gasteiger partial charge on any atom is -0.493 e. The molecular weight excluding hydrogens is 292 g/mol. The van der Waals surface area contributed by atoms with Gasteiger partial charge in [0.2, 0.25) is 0 Å². The van der Waals surface area contributed by atoms with Crippen LogP contribution in [0.1, 0.15) is 33.6 Å². The van der Waals surface area contributed by atoms with Crippen LogP contribution in [0.15, 0.2) is 51.2 Å². The van der Waals surface area contributed by atoms with Gasteiger partial charge < -0.3 is 9.15 Å². The summed E-state index contributed by atoms with van der Waals surface area (Å²) in [6.07, 6.45) is 3.00. The Bertz CT molecular complexity index is 766. The molecule has 1 atom stereocenters. The van der Waals surface area contributed by atoms with E-state index in [4.69, 9.17) is 9.15 Å². The maximum Gasteiger partial charge on any atom is 0.336 e. The number of allylic oxidation sites excluding steroid dienone is 2. The standard InChI is InChI=1S/C19H22O4/c1-13(2)10-16(20)11-14(3)8-9-22-17-6-4-15-5-7-19(21)23-18(15)12-17/h4-7,10,12,14H,8-9,11H2,1-3H3. The summed E-state index contributed by atoms with van der Waals surface area (Å²) >= 11 is 0. The molecule has 23 heavy (non-hydrogen) atoms. The average molecular weight is 314 g/mol. The first-order valence-electron chi connectivity index (χ1n) is 7.78. The van der Waals surface area contributed by atoms with Gasteiger partial charge in [-0.1, -0.05) is 12.5 Å². The lowest BCUT2D eigenvalue weighted by molar-refractivity contribution is -0.115. The Balaban J connectivity index is 1.87. The lowest BCUT2D eigenvalue weighted by Gasteiger charge is -2.11. The first kappa shape index (κ1) is 17.0. The molecule has 0 spiro atoms. The molecule has 0 aliphatic rings. The minimum absolute atomic E-state index is 0.157. The molecule has 2 rings (SSSR count). The first-order valence-corrected chi connectivity index (χ1v) is 7.78. The van der Waals surface area contributed by atoms with Gasteiger partial charge in [-0.3, -0.25) is 4.79 Å². The highest BCUT2D eigenvalue weighted by molar-refractivity contribution is 5.90. The number of ketones is 1. The number of hydrogen-bond acceptors (Lipinski definition) is 4. The molecule has 0 aliphatic heterocycles. The van der Waals surface area contributed by atoms with E-state index in [2.05, 4.69) is 0 Å². The lowest BCUT2D eigenvalue weighted by Crippen LogP contribution is -2.08. The smallest absolute Gasteiger partial charge is 0.336 e. The van der Waals surface area contributed by atoms with E-state index in [1.807, 2.05) is 32.9 Å². The van der Waals surface area contributed by atoms with Gasteiger partial charge in [0.25, 0.3) is 0 Å². The predicted octanol–water partition coefficient (Wildman–Crippen LogP) is 4.12. The second-order valence-corrected chi connectivity index (χ2v) is 6.09. The van der Waals surface area contributed by atoms with Crippen LogP contribution in [0.25, 0.3) is 11.0 Å². The van der Waals surface area contributed by atoms with Crippen molar-refractivity contribution >= 4 is 16.8 Å². The molecule has 1 aromatic heterocycles. The summed E-state index contributed by atoms with van der Waals surface area (Å²) in [6.45, 7) is 6.40. The minimum atomic E-state index is -0.374. The van der Waals surface area contributed by atoms with Crippen LogP contribution in [0.3, 0.4) is 0 Å². The number of fused-ring (bicyclic) bond motifs is 1. The van der Waals surface area contributed by atoms with Crippen molar-refractivity contribution in [2.24, 2.45) is 5.92 Å². The van der Waals surface area contributed by atoms with Gasteiger partial charge in [-0.15, -0.1) is 0 Å². The quantitative estimate of drug-likeness (QED) is 0.570. The molecular formula is C19H22O4. The zero-order valence-electron chi connectivity index (χ0n) is 13.8. The summed E-state index contributed by atoms with van der Waals surface area (Å²) < 4.78 is 10.8. The number of hydrogen-bond donors (Lipinski definition) is 0. The highest BCUT2D eigenvalue weighted by Gasteiger charge is 2.08. The van der Waals surface area contributed by atoms with Gasteiger partial charge in [-0.25, -0.2) is 4.79 Å². The summed E-state index contributed by atoms with van der Waals surface area (Å²) in [5, 5.41) is 0.859. The van der Waals surface area contributed by atoms with Crippen LogP contribution in [0.5, 0.6) is 5.75 Å². The predicted molar refractivity (Wildman–Crippen MR) is 90.8 cm³/mol. The first-order chi connectivity index (χ1) is 10.9. The van der Waals surface area contributed by atoms with E-state index < -0.39 is 0 Å². The molecule has 1 unspecified atom stereocenters. The maximum absolute atomic E-state index is 11.7. The van der Waals surface area contributed by atoms with Gasteiger partial charge in [0.05, 0.1) is 6.61 Å². The Hall–Kier alpha value is -2.36. The summed E-state index contributed by atoms with van der Waals surface area (Å²) in [5.41, 5.74) is 1.17. The number of ether oxygens (including phenoxy) is 1. The van der Waals surface area contributed by atoms with Crippen molar-refractivity contribution in [2.45, 2.75) is 33.6 Å². The van der Waals surface area contributed by atoms with E-state index in [0.717, 1.165) is 17.4 Å². The van der Waals surface area contributed by atoms with E-state index in [0.29, 0.717) is 24.4 Å². The van der Waals surface area contributed by atoms with E-state index in [9.17, 15) is 9.59 Å². The molecule has 0 saturated heterocycles. The largest absolute Gasteiger partial charge is 0.493 e. The van der Waals surface area contributed by atoms with E-state index in [1.165, 1.54) is 6.07 Å². The number of carbonyl (C=O) groups excluding carboxylic acids is 1. The van der Waals surface area contributed by atoms with Crippen LogP contribution >= 0.6 is 0 Å². The van der Waals surface area contributed by atoms with Gasteiger partial charge in [0.15, 0.2) is 5.78 Å². The highest BCUT2D eigenvalue weighted by atomic mass is 16.5. The molecule has 1 aromatic carbocycles. The Labute approximate surface area is 135 Å². The molecule has 2 aromatic rings. The third kappa shape index (κ3) is 5.40. The molecule has 0 fully saturated rings. The summed E-state index contributed by atoms with van der Waals surface area (Å²) in [7, 11) is 0. The van der Waals surface area contributed by atoms with Crippen LogP contribution in [0.2, 0.25) is 0 Å². The number of benzene rings is 1. The van der Waals surface area contributed by atoms with Crippen LogP contribution in [-0.2, 0) is 4.79 Å². The van der Waals surface area contributed by atoms with Gasteiger partial charge in [-0.2, -0.15) is 0 Å². The summed E-state index contributed by atoms with van der Waals surface area (Å²) in [4.78, 5) is 22.9. The topological polar surface area (TPSA) is 56.5 Å². The van der Waals surface area contributed by atoms with Crippen LogP contribution < -0.4 is 10.4 Å². The molecule has 0 bridgehead atoms.